The largest absolute Gasteiger partial charge is 0.447 e. The monoisotopic (exact) mass is 309 g/mol. The maximum Gasteiger partial charge on any atom is 0.415 e. The number of carbonyl (C=O) groups is 2. The minimum Gasteiger partial charge on any atom is -0.447 e. The number of hydrogen-bond donors (Lipinski definition) is 0. The Balaban J connectivity index is 2.13. The fourth-order valence-electron chi connectivity index (χ4n) is 2.43. The zero-order valence-electron chi connectivity index (χ0n) is 12.9. The standard InChI is InChI=1S/C19H19NO3/c1-3-5-11-17(21)13-12-16(4-2)20-18(14-23-19(20)22)15-9-7-6-8-10-15/h3,5-11,18H,1-2,12-14H2/b11-5+/t18-/m1/s1. The first-order valence-electron chi connectivity index (χ1n) is 7.39. The maximum atomic E-state index is 12.1. The molecule has 23 heavy (non-hydrogen) atoms. The van der Waals surface area contributed by atoms with E-state index in [1.165, 1.54) is 11.0 Å². The van der Waals surface area contributed by atoms with Gasteiger partial charge in [0.05, 0.1) is 11.7 Å². The van der Waals surface area contributed by atoms with Crippen LogP contribution in [0, 0.1) is 0 Å². The highest BCUT2D eigenvalue weighted by atomic mass is 16.6. The average Bonchev–Trinajstić information content (AvgIpc) is 2.96. The summed E-state index contributed by atoms with van der Waals surface area (Å²) in [4.78, 5) is 25.4. The molecule has 4 heteroatoms. The van der Waals surface area contributed by atoms with Gasteiger partial charge in [-0.05, 0) is 11.6 Å². The highest BCUT2D eigenvalue weighted by Crippen LogP contribution is 2.32. The Morgan fingerprint density at radius 1 is 1.35 bits per heavy atom. The molecule has 1 aliphatic heterocycles. The lowest BCUT2D eigenvalue weighted by Gasteiger charge is -2.23. The molecule has 1 aromatic rings. The van der Waals surface area contributed by atoms with Crippen molar-refractivity contribution in [3.8, 4) is 0 Å². The first kappa shape index (κ1) is 16.5. The number of hydrogen-bond acceptors (Lipinski definition) is 3. The molecule has 1 aliphatic rings. The molecule has 0 radical (unpaired) electrons. The Bertz CT molecular complexity index is 669. The van der Waals surface area contributed by atoms with E-state index in [1.807, 2.05) is 30.3 Å². The van der Waals surface area contributed by atoms with Gasteiger partial charge < -0.3 is 4.74 Å². The van der Waals surface area contributed by atoms with Crippen molar-refractivity contribution in [3.63, 3.8) is 0 Å². The molecule has 0 bridgehead atoms. The summed E-state index contributed by atoms with van der Waals surface area (Å²) < 4.78 is 5.17. The van der Waals surface area contributed by atoms with E-state index in [0.29, 0.717) is 12.1 Å². The Kier molecular flexibility index (Phi) is 5.73. The molecular formula is C19H19NO3. The topological polar surface area (TPSA) is 46.6 Å². The van der Waals surface area contributed by atoms with Crippen LogP contribution >= 0.6 is 0 Å². The third-order valence-corrected chi connectivity index (χ3v) is 3.58. The van der Waals surface area contributed by atoms with E-state index >= 15 is 0 Å². The molecule has 118 valence electrons. The van der Waals surface area contributed by atoms with Crippen molar-refractivity contribution < 1.29 is 14.3 Å². The maximum absolute atomic E-state index is 12.1. The molecule has 4 nitrogen and oxygen atoms in total. The minimum absolute atomic E-state index is 0.0403. The van der Waals surface area contributed by atoms with Crippen molar-refractivity contribution in [2.24, 2.45) is 0 Å². The van der Waals surface area contributed by atoms with Crippen LogP contribution in [0.4, 0.5) is 4.79 Å². The number of ketones is 1. The van der Waals surface area contributed by atoms with E-state index in [9.17, 15) is 9.59 Å². The Morgan fingerprint density at radius 2 is 2.09 bits per heavy atom. The number of cyclic esters (lactones) is 1. The summed E-state index contributed by atoms with van der Waals surface area (Å²) in [5.74, 6) is -0.0403. The predicted molar refractivity (Wildman–Crippen MR) is 88.6 cm³/mol. The van der Waals surface area contributed by atoms with Crippen molar-refractivity contribution in [2.75, 3.05) is 6.61 Å². The van der Waals surface area contributed by atoms with Gasteiger partial charge in [-0.3, -0.25) is 9.69 Å². The van der Waals surface area contributed by atoms with E-state index < -0.39 is 6.09 Å². The highest BCUT2D eigenvalue weighted by Gasteiger charge is 2.36. The number of nitrogens with zero attached hydrogens (tertiary/aromatic N) is 1. The van der Waals surface area contributed by atoms with Gasteiger partial charge in [0.25, 0.3) is 0 Å². The number of ether oxygens (including phenoxy) is 1. The van der Waals surface area contributed by atoms with Crippen LogP contribution < -0.4 is 0 Å². The molecule has 1 aromatic carbocycles. The summed E-state index contributed by atoms with van der Waals surface area (Å²) in [6.07, 6.45) is 4.82. The van der Waals surface area contributed by atoms with E-state index in [0.717, 1.165) is 5.56 Å². The zero-order valence-corrected chi connectivity index (χ0v) is 12.9. The minimum atomic E-state index is -0.431. The molecule has 1 atom stereocenters. The molecule has 1 fully saturated rings. The van der Waals surface area contributed by atoms with Crippen molar-refractivity contribution >= 4 is 11.9 Å². The van der Waals surface area contributed by atoms with Crippen LogP contribution in [-0.4, -0.2) is 23.4 Å². The summed E-state index contributed by atoms with van der Waals surface area (Å²) in [5.41, 5.74) is 4.33. The van der Waals surface area contributed by atoms with Crippen LogP contribution in [-0.2, 0) is 9.53 Å². The van der Waals surface area contributed by atoms with E-state index in [-0.39, 0.29) is 24.9 Å². The summed E-state index contributed by atoms with van der Waals surface area (Å²) in [6, 6.07) is 9.41. The molecule has 0 N–H and O–H groups in total. The third kappa shape index (κ3) is 4.09. The van der Waals surface area contributed by atoms with Gasteiger partial charge in [-0.2, -0.15) is 0 Å². The normalized spacial score (nSPS) is 17.0. The quantitative estimate of drug-likeness (QED) is 0.435. The average molecular weight is 309 g/mol. The van der Waals surface area contributed by atoms with Gasteiger partial charge in [-0.25, -0.2) is 4.79 Å². The predicted octanol–water partition coefficient (Wildman–Crippen LogP) is 3.94. The summed E-state index contributed by atoms with van der Waals surface area (Å²) in [7, 11) is 0. The molecule has 1 saturated heterocycles. The van der Waals surface area contributed by atoms with Crippen LogP contribution in [0.25, 0.3) is 0 Å². The summed E-state index contributed by atoms with van der Waals surface area (Å²) in [6.45, 7) is 7.45. The molecular weight excluding hydrogens is 290 g/mol. The first-order chi connectivity index (χ1) is 11.2. The van der Waals surface area contributed by atoms with Crippen molar-refractivity contribution in [2.45, 2.75) is 18.9 Å². The van der Waals surface area contributed by atoms with Crippen LogP contribution in [0.1, 0.15) is 24.4 Å². The Labute approximate surface area is 136 Å². The zero-order chi connectivity index (χ0) is 16.7. The van der Waals surface area contributed by atoms with E-state index in [2.05, 4.69) is 18.9 Å². The van der Waals surface area contributed by atoms with Gasteiger partial charge in [0, 0.05) is 12.8 Å². The molecule has 2 rings (SSSR count). The second kappa shape index (κ2) is 7.97. The van der Waals surface area contributed by atoms with Crippen LogP contribution in [0.15, 0.2) is 73.1 Å². The lowest BCUT2D eigenvalue weighted by Crippen LogP contribution is -2.27. The Hall–Kier alpha value is -2.84. The molecule has 0 spiro atoms. The molecule has 0 aliphatic carbocycles. The van der Waals surface area contributed by atoms with Crippen LogP contribution in [0.2, 0.25) is 0 Å². The lowest BCUT2D eigenvalue weighted by molar-refractivity contribution is -0.114. The van der Waals surface area contributed by atoms with Crippen molar-refractivity contribution in [1.29, 1.82) is 0 Å². The number of carbonyl (C=O) groups excluding carboxylic acids is 2. The fraction of sp³-hybridized carbons (Fsp3) is 0.211. The molecule has 1 heterocycles. The lowest BCUT2D eigenvalue weighted by atomic mass is 10.1. The van der Waals surface area contributed by atoms with Crippen molar-refractivity contribution in [3.05, 3.63) is 78.7 Å². The molecule has 0 aromatic heterocycles. The van der Waals surface area contributed by atoms with Gasteiger partial charge in [0.2, 0.25) is 0 Å². The van der Waals surface area contributed by atoms with Crippen LogP contribution in [0.5, 0.6) is 0 Å². The van der Waals surface area contributed by atoms with E-state index in [1.54, 1.807) is 12.2 Å². The van der Waals surface area contributed by atoms with Crippen molar-refractivity contribution in [1.82, 2.24) is 4.90 Å². The van der Waals surface area contributed by atoms with E-state index in [4.69, 9.17) is 4.74 Å². The van der Waals surface area contributed by atoms with Gasteiger partial charge in [0.15, 0.2) is 5.78 Å². The third-order valence-electron chi connectivity index (χ3n) is 3.58. The van der Waals surface area contributed by atoms with Gasteiger partial charge >= 0.3 is 6.09 Å². The van der Waals surface area contributed by atoms with Gasteiger partial charge in [0.1, 0.15) is 6.61 Å². The van der Waals surface area contributed by atoms with Gasteiger partial charge in [-0.1, -0.05) is 55.6 Å². The second-order valence-corrected chi connectivity index (χ2v) is 5.06. The molecule has 0 unspecified atom stereocenters. The SMILES string of the molecule is C=C=C(CCC(=O)/C=C/C=C)N1C(=O)OC[C@@H]1c1ccccc1. The summed E-state index contributed by atoms with van der Waals surface area (Å²) >= 11 is 0. The Morgan fingerprint density at radius 3 is 2.74 bits per heavy atom. The second-order valence-electron chi connectivity index (χ2n) is 5.06. The smallest absolute Gasteiger partial charge is 0.415 e. The van der Waals surface area contributed by atoms with Gasteiger partial charge in [-0.15, -0.1) is 5.73 Å². The number of benzene rings is 1. The molecule has 0 saturated carbocycles. The first-order valence-corrected chi connectivity index (χ1v) is 7.39. The number of amides is 1. The summed E-state index contributed by atoms with van der Waals surface area (Å²) in [5, 5.41) is 0. The number of rotatable bonds is 7. The number of allylic oxidation sites excluding steroid dienone is 4. The fourth-order valence-corrected chi connectivity index (χ4v) is 2.43. The molecule has 1 amide bonds. The highest BCUT2D eigenvalue weighted by molar-refractivity contribution is 5.90. The van der Waals surface area contributed by atoms with Crippen LogP contribution in [0.3, 0.4) is 0 Å².